The van der Waals surface area contributed by atoms with Gasteiger partial charge in [0.1, 0.15) is 5.69 Å². The van der Waals surface area contributed by atoms with Crippen LogP contribution in [0.3, 0.4) is 0 Å². The van der Waals surface area contributed by atoms with Gasteiger partial charge in [-0.05, 0) is 6.07 Å². The highest BCUT2D eigenvalue weighted by Crippen LogP contribution is 2.24. The number of anilines is 1. The van der Waals surface area contributed by atoms with Gasteiger partial charge in [0.05, 0.1) is 10.9 Å². The molecule has 1 aromatic rings. The second-order valence-corrected chi connectivity index (χ2v) is 2.53. The Morgan fingerprint density at radius 1 is 1.50 bits per heavy atom. The summed E-state index contributed by atoms with van der Waals surface area (Å²) in [5, 5.41) is 23.5. The van der Waals surface area contributed by atoms with Gasteiger partial charge < -0.3 is 15.2 Å². The Morgan fingerprint density at radius 2 is 2.14 bits per heavy atom. The van der Waals surface area contributed by atoms with Gasteiger partial charge in [0.15, 0.2) is 0 Å². The molecule has 0 atom stereocenters. The minimum atomic E-state index is -1.43. The molecule has 0 spiro atoms. The van der Waals surface area contributed by atoms with Crippen molar-refractivity contribution in [2.75, 3.05) is 12.4 Å². The van der Waals surface area contributed by atoms with Crippen LogP contribution in [0.1, 0.15) is 10.4 Å². The summed E-state index contributed by atoms with van der Waals surface area (Å²) in [6.45, 7) is 0. The fourth-order valence-electron chi connectivity index (χ4n) is 1.02. The van der Waals surface area contributed by atoms with E-state index in [1.807, 2.05) is 0 Å². The van der Waals surface area contributed by atoms with Crippen LogP contribution in [0.5, 0.6) is 0 Å². The third-order valence-corrected chi connectivity index (χ3v) is 1.70. The first-order chi connectivity index (χ1) is 6.56. The molecule has 14 heavy (non-hydrogen) atoms. The van der Waals surface area contributed by atoms with E-state index in [-0.39, 0.29) is 16.9 Å². The number of aromatic carboxylic acids is 1. The number of nitro benzene ring substituents is 1. The number of carboxylic acids is 1. The smallest absolute Gasteiger partial charge is 0.292 e. The van der Waals surface area contributed by atoms with E-state index in [0.717, 1.165) is 6.07 Å². The molecule has 6 nitrogen and oxygen atoms in total. The monoisotopic (exact) mass is 195 g/mol. The maximum Gasteiger partial charge on any atom is 0.292 e. The fourth-order valence-corrected chi connectivity index (χ4v) is 1.02. The van der Waals surface area contributed by atoms with Crippen LogP contribution < -0.4 is 10.4 Å². The van der Waals surface area contributed by atoms with Gasteiger partial charge in [-0.3, -0.25) is 10.1 Å². The zero-order valence-corrected chi connectivity index (χ0v) is 7.31. The number of nitrogens with zero attached hydrogens (tertiary/aromatic N) is 1. The molecule has 1 N–H and O–H groups in total. The van der Waals surface area contributed by atoms with Crippen molar-refractivity contribution in [3.8, 4) is 0 Å². The molecule has 0 aliphatic carbocycles. The summed E-state index contributed by atoms with van der Waals surface area (Å²) < 4.78 is 0. The Labute approximate surface area is 79.3 Å². The summed E-state index contributed by atoms with van der Waals surface area (Å²) in [5.74, 6) is -1.43. The molecule has 6 heteroatoms. The summed E-state index contributed by atoms with van der Waals surface area (Å²) in [6, 6.07) is 3.53. The Bertz CT molecular complexity index is 389. The van der Waals surface area contributed by atoms with E-state index in [2.05, 4.69) is 5.32 Å². The molecule has 1 aromatic carbocycles. The summed E-state index contributed by atoms with van der Waals surface area (Å²) in [4.78, 5) is 20.3. The largest absolute Gasteiger partial charge is 0.545 e. The first-order valence-electron chi connectivity index (χ1n) is 3.74. The Morgan fingerprint density at radius 3 is 2.57 bits per heavy atom. The molecular formula is C8H7N2O4-. The average Bonchev–Trinajstić information content (AvgIpc) is 2.16. The maximum atomic E-state index is 10.5. The number of nitrogens with one attached hydrogen (secondary N) is 1. The van der Waals surface area contributed by atoms with Crippen molar-refractivity contribution in [1.29, 1.82) is 0 Å². The van der Waals surface area contributed by atoms with Crippen LogP contribution in [0.4, 0.5) is 11.4 Å². The maximum absolute atomic E-state index is 10.5. The number of hydrogen-bond donors (Lipinski definition) is 1. The molecule has 0 amide bonds. The van der Waals surface area contributed by atoms with Crippen LogP contribution in [0.25, 0.3) is 0 Å². The zero-order chi connectivity index (χ0) is 10.7. The van der Waals surface area contributed by atoms with Crippen molar-refractivity contribution in [3.63, 3.8) is 0 Å². The molecule has 74 valence electrons. The lowest BCUT2D eigenvalue weighted by Gasteiger charge is -2.05. The number of carbonyl (C=O) groups is 1. The molecule has 1 rings (SSSR count). The molecule has 0 saturated heterocycles. The number of carbonyl (C=O) groups excluding carboxylic acids is 1. The number of carboxylic acid groups (broad SMARTS) is 1. The lowest BCUT2D eigenvalue weighted by Crippen LogP contribution is -2.22. The first-order valence-corrected chi connectivity index (χ1v) is 3.74. The van der Waals surface area contributed by atoms with Crippen LogP contribution >= 0.6 is 0 Å². The summed E-state index contributed by atoms with van der Waals surface area (Å²) in [5.41, 5.74) is -0.232. The van der Waals surface area contributed by atoms with E-state index < -0.39 is 10.9 Å². The van der Waals surface area contributed by atoms with E-state index in [4.69, 9.17) is 0 Å². The molecule has 0 aromatic heterocycles. The summed E-state index contributed by atoms with van der Waals surface area (Å²) >= 11 is 0. The second kappa shape index (κ2) is 3.73. The van der Waals surface area contributed by atoms with Gasteiger partial charge in [-0.15, -0.1) is 0 Å². The standard InChI is InChI=1S/C8H8N2O4/c1-9-6-3-2-5(8(11)12)4-7(6)10(13)14/h2-4,9H,1H3,(H,11,12)/p-1. The van der Waals surface area contributed by atoms with Gasteiger partial charge in [-0.2, -0.15) is 0 Å². The molecule has 0 heterocycles. The highest BCUT2D eigenvalue weighted by atomic mass is 16.6. The average molecular weight is 195 g/mol. The van der Waals surface area contributed by atoms with E-state index in [0.29, 0.717) is 0 Å². The quantitative estimate of drug-likeness (QED) is 0.541. The van der Waals surface area contributed by atoms with Crippen LogP contribution in [0.15, 0.2) is 18.2 Å². The minimum absolute atomic E-state index is 0.212. The van der Waals surface area contributed by atoms with Crippen molar-refractivity contribution in [3.05, 3.63) is 33.9 Å². The van der Waals surface area contributed by atoms with Crippen molar-refractivity contribution in [2.24, 2.45) is 0 Å². The number of rotatable bonds is 3. The van der Waals surface area contributed by atoms with Crippen molar-refractivity contribution in [1.82, 2.24) is 0 Å². The van der Waals surface area contributed by atoms with Crippen molar-refractivity contribution >= 4 is 17.3 Å². The van der Waals surface area contributed by atoms with E-state index in [1.165, 1.54) is 19.2 Å². The van der Waals surface area contributed by atoms with Crippen molar-refractivity contribution in [2.45, 2.75) is 0 Å². The Balaban J connectivity index is 3.27. The molecule has 0 aliphatic heterocycles. The zero-order valence-electron chi connectivity index (χ0n) is 7.31. The minimum Gasteiger partial charge on any atom is -0.545 e. The lowest BCUT2D eigenvalue weighted by atomic mass is 10.2. The van der Waals surface area contributed by atoms with Gasteiger partial charge in [-0.1, -0.05) is 6.07 Å². The molecule has 0 fully saturated rings. The molecule has 0 bridgehead atoms. The number of benzene rings is 1. The van der Waals surface area contributed by atoms with Gasteiger partial charge >= 0.3 is 0 Å². The first kappa shape index (κ1) is 9.97. The molecule has 0 radical (unpaired) electrons. The van der Waals surface area contributed by atoms with Crippen molar-refractivity contribution < 1.29 is 14.8 Å². The van der Waals surface area contributed by atoms with E-state index >= 15 is 0 Å². The van der Waals surface area contributed by atoms with Crippen LogP contribution in [-0.2, 0) is 0 Å². The summed E-state index contributed by atoms with van der Waals surface area (Å²) in [6.07, 6.45) is 0. The topological polar surface area (TPSA) is 95.3 Å². The van der Waals surface area contributed by atoms with Gasteiger partial charge in [0.25, 0.3) is 5.69 Å². The molecule has 0 unspecified atom stereocenters. The fraction of sp³-hybridized carbons (Fsp3) is 0.125. The second-order valence-electron chi connectivity index (χ2n) is 2.53. The SMILES string of the molecule is CNc1ccc(C(=O)[O-])cc1[N+](=O)[O-]. The van der Waals surface area contributed by atoms with Crippen LogP contribution in [-0.4, -0.2) is 17.9 Å². The Kier molecular flexibility index (Phi) is 2.66. The third kappa shape index (κ3) is 1.79. The van der Waals surface area contributed by atoms with E-state index in [1.54, 1.807) is 0 Å². The predicted molar refractivity (Wildman–Crippen MR) is 47.0 cm³/mol. The summed E-state index contributed by atoms with van der Waals surface area (Å²) in [7, 11) is 1.51. The van der Waals surface area contributed by atoms with Gasteiger partial charge in [-0.25, -0.2) is 0 Å². The van der Waals surface area contributed by atoms with Crippen LogP contribution in [0, 0.1) is 10.1 Å². The highest BCUT2D eigenvalue weighted by Gasteiger charge is 2.13. The predicted octanol–water partition coefficient (Wildman–Crippen LogP) is -0.000000000000000167. The number of nitro groups is 1. The van der Waals surface area contributed by atoms with Crippen LogP contribution in [0.2, 0.25) is 0 Å². The lowest BCUT2D eigenvalue weighted by molar-refractivity contribution is -0.384. The molecular weight excluding hydrogens is 188 g/mol. The Hall–Kier alpha value is -2.11. The van der Waals surface area contributed by atoms with Gasteiger partial charge in [0, 0.05) is 18.7 Å². The molecule has 0 saturated carbocycles. The number of hydrogen-bond acceptors (Lipinski definition) is 5. The normalized spacial score (nSPS) is 9.50. The van der Waals surface area contributed by atoms with E-state index in [9.17, 15) is 20.0 Å². The third-order valence-electron chi connectivity index (χ3n) is 1.70. The molecule has 0 aliphatic rings. The highest BCUT2D eigenvalue weighted by molar-refractivity contribution is 5.88. The van der Waals surface area contributed by atoms with Gasteiger partial charge in [0.2, 0.25) is 0 Å².